The topological polar surface area (TPSA) is 41.6 Å². The lowest BCUT2D eigenvalue weighted by Crippen LogP contribution is -2.29. The molecule has 0 atom stereocenters. The summed E-state index contributed by atoms with van der Waals surface area (Å²) in [6.07, 6.45) is 5.93. The van der Waals surface area contributed by atoms with Crippen molar-refractivity contribution in [2.24, 2.45) is 0 Å². The predicted molar refractivity (Wildman–Crippen MR) is 89.0 cm³/mol. The summed E-state index contributed by atoms with van der Waals surface area (Å²) in [5.74, 6) is 0.986. The molecule has 0 radical (unpaired) electrons. The van der Waals surface area contributed by atoms with Crippen molar-refractivity contribution in [3.8, 4) is 5.75 Å². The van der Waals surface area contributed by atoms with Crippen LogP contribution in [0.4, 0.5) is 0 Å². The number of nitrogens with one attached hydrogen (secondary N) is 1. The predicted octanol–water partition coefficient (Wildman–Crippen LogP) is 2.97. The van der Waals surface area contributed by atoms with Crippen molar-refractivity contribution >= 4 is 5.91 Å². The Bertz CT molecular complexity index is 456. The van der Waals surface area contributed by atoms with Gasteiger partial charge in [0.2, 0.25) is 5.91 Å². The molecule has 0 unspecified atom stereocenters. The van der Waals surface area contributed by atoms with Gasteiger partial charge in [0, 0.05) is 20.0 Å². The lowest BCUT2D eigenvalue weighted by atomic mass is 10.1. The van der Waals surface area contributed by atoms with Gasteiger partial charge >= 0.3 is 0 Å². The zero-order chi connectivity index (χ0) is 15.6. The second-order valence-corrected chi connectivity index (χ2v) is 6.02. The molecule has 122 valence electrons. The van der Waals surface area contributed by atoms with Gasteiger partial charge in [-0.15, -0.1) is 0 Å². The summed E-state index contributed by atoms with van der Waals surface area (Å²) in [4.78, 5) is 13.3. The smallest absolute Gasteiger partial charge is 0.216 e. The monoisotopic (exact) mass is 304 g/mol. The normalized spacial score (nSPS) is 15.5. The third-order valence-corrected chi connectivity index (χ3v) is 3.97. The Labute approximate surface area is 133 Å². The number of carbonyl (C=O) groups is 1. The highest BCUT2D eigenvalue weighted by molar-refractivity contribution is 5.72. The maximum atomic E-state index is 10.8. The van der Waals surface area contributed by atoms with Crippen LogP contribution in [0.5, 0.6) is 5.75 Å². The minimum absolute atomic E-state index is 0.0336. The third-order valence-electron chi connectivity index (χ3n) is 3.97. The molecule has 0 spiro atoms. The first-order chi connectivity index (χ1) is 10.7. The standard InChI is InChI=1S/C18H28N2O2/c1-16(21)19-10-3-6-13-22-18-9-7-8-17(14-18)15-20-11-4-2-5-12-20/h7-9,14H,2-6,10-13,15H2,1H3,(H,19,21). The Morgan fingerprint density at radius 1 is 1.23 bits per heavy atom. The number of amides is 1. The molecule has 2 rings (SSSR count). The second-order valence-electron chi connectivity index (χ2n) is 6.02. The van der Waals surface area contributed by atoms with Crippen molar-refractivity contribution in [3.63, 3.8) is 0 Å². The van der Waals surface area contributed by atoms with Crippen LogP contribution in [0, 0.1) is 0 Å². The number of piperidine rings is 1. The summed E-state index contributed by atoms with van der Waals surface area (Å²) in [5.41, 5.74) is 1.33. The number of unbranched alkanes of at least 4 members (excludes halogenated alkanes) is 1. The van der Waals surface area contributed by atoms with E-state index in [0.29, 0.717) is 6.61 Å². The van der Waals surface area contributed by atoms with Crippen LogP contribution in [-0.4, -0.2) is 37.0 Å². The van der Waals surface area contributed by atoms with Crippen LogP contribution in [0.1, 0.15) is 44.6 Å². The van der Waals surface area contributed by atoms with Gasteiger partial charge < -0.3 is 10.1 Å². The second kappa shape index (κ2) is 9.46. The van der Waals surface area contributed by atoms with Gasteiger partial charge in [-0.2, -0.15) is 0 Å². The van der Waals surface area contributed by atoms with Crippen LogP contribution in [-0.2, 0) is 11.3 Å². The Balaban J connectivity index is 1.68. The minimum atomic E-state index is 0.0336. The molecule has 1 aliphatic rings. The van der Waals surface area contributed by atoms with Gasteiger partial charge in [-0.05, 0) is 56.5 Å². The highest BCUT2D eigenvalue weighted by Crippen LogP contribution is 2.17. The summed E-state index contributed by atoms with van der Waals surface area (Å²) in [6, 6.07) is 8.43. The largest absolute Gasteiger partial charge is 0.494 e. The molecule has 4 nitrogen and oxygen atoms in total. The Kier molecular flexibility index (Phi) is 7.23. The van der Waals surface area contributed by atoms with Crippen molar-refractivity contribution in [1.29, 1.82) is 0 Å². The van der Waals surface area contributed by atoms with E-state index in [1.165, 1.54) is 37.9 Å². The third kappa shape index (κ3) is 6.48. The first kappa shape index (κ1) is 16.8. The van der Waals surface area contributed by atoms with E-state index in [-0.39, 0.29) is 5.91 Å². The molecule has 1 aromatic rings. The number of nitrogens with zero attached hydrogens (tertiary/aromatic N) is 1. The number of hydrogen-bond donors (Lipinski definition) is 1. The van der Waals surface area contributed by atoms with E-state index in [1.807, 2.05) is 6.07 Å². The van der Waals surface area contributed by atoms with Crippen LogP contribution in [0.3, 0.4) is 0 Å². The molecule has 0 bridgehead atoms. The highest BCUT2D eigenvalue weighted by Gasteiger charge is 2.10. The summed E-state index contributed by atoms with van der Waals surface area (Å²) in [6.45, 7) is 6.44. The molecule has 1 N–H and O–H groups in total. The number of likely N-dealkylation sites (tertiary alicyclic amines) is 1. The highest BCUT2D eigenvalue weighted by atomic mass is 16.5. The Morgan fingerprint density at radius 3 is 2.82 bits per heavy atom. The number of rotatable bonds is 8. The van der Waals surface area contributed by atoms with Gasteiger partial charge in [-0.25, -0.2) is 0 Å². The summed E-state index contributed by atoms with van der Waals surface area (Å²) in [5, 5.41) is 2.80. The average Bonchev–Trinajstić information content (AvgIpc) is 2.52. The van der Waals surface area contributed by atoms with Crippen molar-refractivity contribution in [3.05, 3.63) is 29.8 Å². The van der Waals surface area contributed by atoms with Crippen LogP contribution in [0.2, 0.25) is 0 Å². The van der Waals surface area contributed by atoms with Crippen LogP contribution in [0.25, 0.3) is 0 Å². The quantitative estimate of drug-likeness (QED) is 0.751. The molecule has 0 aromatic heterocycles. The van der Waals surface area contributed by atoms with Gasteiger partial charge in [0.15, 0.2) is 0 Å². The first-order valence-corrected chi connectivity index (χ1v) is 8.42. The molecule has 22 heavy (non-hydrogen) atoms. The molecule has 1 aliphatic heterocycles. The molecule has 4 heteroatoms. The lowest BCUT2D eigenvalue weighted by molar-refractivity contribution is -0.118. The Morgan fingerprint density at radius 2 is 2.05 bits per heavy atom. The average molecular weight is 304 g/mol. The molecule has 1 saturated heterocycles. The van der Waals surface area contributed by atoms with Crippen molar-refractivity contribution < 1.29 is 9.53 Å². The summed E-state index contributed by atoms with van der Waals surface area (Å²) < 4.78 is 5.81. The fourth-order valence-corrected chi connectivity index (χ4v) is 2.79. The van der Waals surface area contributed by atoms with Crippen LogP contribution in [0.15, 0.2) is 24.3 Å². The van der Waals surface area contributed by atoms with Gasteiger partial charge in [0.25, 0.3) is 0 Å². The van der Waals surface area contributed by atoms with E-state index in [1.54, 1.807) is 6.92 Å². The van der Waals surface area contributed by atoms with Gasteiger partial charge in [-0.1, -0.05) is 18.6 Å². The van der Waals surface area contributed by atoms with Gasteiger partial charge in [0.1, 0.15) is 5.75 Å². The molecule has 0 aliphatic carbocycles. The van der Waals surface area contributed by atoms with Gasteiger partial charge in [0.05, 0.1) is 6.61 Å². The van der Waals surface area contributed by atoms with E-state index >= 15 is 0 Å². The molecular weight excluding hydrogens is 276 g/mol. The molecule has 1 heterocycles. The Hall–Kier alpha value is -1.55. The van der Waals surface area contributed by atoms with Crippen LogP contribution < -0.4 is 10.1 Å². The molecule has 1 amide bonds. The molecular formula is C18H28N2O2. The van der Waals surface area contributed by atoms with E-state index < -0.39 is 0 Å². The van der Waals surface area contributed by atoms with Crippen LogP contribution >= 0.6 is 0 Å². The van der Waals surface area contributed by atoms with E-state index in [2.05, 4.69) is 28.4 Å². The number of benzene rings is 1. The van der Waals surface area contributed by atoms with E-state index in [0.717, 1.165) is 31.7 Å². The van der Waals surface area contributed by atoms with Crippen molar-refractivity contribution in [2.75, 3.05) is 26.2 Å². The fourth-order valence-electron chi connectivity index (χ4n) is 2.79. The fraction of sp³-hybridized carbons (Fsp3) is 0.611. The number of carbonyl (C=O) groups excluding carboxylic acids is 1. The maximum absolute atomic E-state index is 10.8. The van der Waals surface area contributed by atoms with Crippen molar-refractivity contribution in [1.82, 2.24) is 10.2 Å². The molecule has 1 fully saturated rings. The maximum Gasteiger partial charge on any atom is 0.216 e. The lowest BCUT2D eigenvalue weighted by Gasteiger charge is -2.26. The summed E-state index contributed by atoms with van der Waals surface area (Å²) >= 11 is 0. The zero-order valence-electron chi connectivity index (χ0n) is 13.6. The molecule has 0 saturated carbocycles. The number of ether oxygens (including phenoxy) is 1. The number of hydrogen-bond acceptors (Lipinski definition) is 3. The minimum Gasteiger partial charge on any atom is -0.494 e. The van der Waals surface area contributed by atoms with E-state index in [4.69, 9.17) is 4.74 Å². The van der Waals surface area contributed by atoms with E-state index in [9.17, 15) is 4.79 Å². The molecule has 1 aromatic carbocycles. The summed E-state index contributed by atoms with van der Waals surface area (Å²) in [7, 11) is 0. The SMILES string of the molecule is CC(=O)NCCCCOc1cccc(CN2CCCCC2)c1. The van der Waals surface area contributed by atoms with Crippen molar-refractivity contribution in [2.45, 2.75) is 45.6 Å². The van der Waals surface area contributed by atoms with Gasteiger partial charge in [-0.3, -0.25) is 9.69 Å². The zero-order valence-corrected chi connectivity index (χ0v) is 13.6. The first-order valence-electron chi connectivity index (χ1n) is 8.42.